The van der Waals surface area contributed by atoms with Gasteiger partial charge in [0.15, 0.2) is 0 Å². The number of carbonyl (C=O) groups is 1. The van der Waals surface area contributed by atoms with Crippen molar-refractivity contribution in [1.82, 2.24) is 4.90 Å². The predicted octanol–water partition coefficient (Wildman–Crippen LogP) is 0.922. The SMILES string of the molecule is CCOC(=O)/C(F)=C\N(C)C. The minimum absolute atomic E-state index is 0.188. The molecule has 0 aromatic carbocycles. The molecule has 0 unspecified atom stereocenters. The summed E-state index contributed by atoms with van der Waals surface area (Å²) in [6, 6.07) is 0. The Morgan fingerprint density at radius 2 is 2.18 bits per heavy atom. The van der Waals surface area contributed by atoms with Gasteiger partial charge in [0.1, 0.15) is 0 Å². The highest BCUT2D eigenvalue weighted by Crippen LogP contribution is 1.99. The molecule has 0 fully saturated rings. The number of halogens is 1. The Labute approximate surface area is 65.4 Å². The molecule has 0 aliphatic rings. The van der Waals surface area contributed by atoms with Crippen LogP contribution in [0.1, 0.15) is 6.92 Å². The van der Waals surface area contributed by atoms with Gasteiger partial charge >= 0.3 is 5.97 Å². The maximum absolute atomic E-state index is 12.6. The summed E-state index contributed by atoms with van der Waals surface area (Å²) in [6.45, 7) is 1.81. The first kappa shape index (κ1) is 9.94. The summed E-state index contributed by atoms with van der Waals surface area (Å²) < 4.78 is 17.0. The van der Waals surface area contributed by atoms with Crippen LogP contribution < -0.4 is 0 Å². The van der Waals surface area contributed by atoms with Crippen LogP contribution in [0.3, 0.4) is 0 Å². The molecule has 4 heteroatoms. The van der Waals surface area contributed by atoms with Crippen molar-refractivity contribution in [2.75, 3.05) is 20.7 Å². The molecule has 11 heavy (non-hydrogen) atoms. The lowest BCUT2D eigenvalue weighted by atomic mass is 10.5. The molecule has 64 valence electrons. The molecular weight excluding hydrogens is 149 g/mol. The van der Waals surface area contributed by atoms with Gasteiger partial charge in [-0.05, 0) is 6.92 Å². The highest BCUT2D eigenvalue weighted by molar-refractivity contribution is 5.85. The number of nitrogens with zero attached hydrogens (tertiary/aromatic N) is 1. The van der Waals surface area contributed by atoms with E-state index in [1.165, 1.54) is 4.90 Å². The molecule has 0 aliphatic carbocycles. The fraction of sp³-hybridized carbons (Fsp3) is 0.571. The normalized spacial score (nSPS) is 11.1. The number of rotatable bonds is 3. The Bertz CT molecular complexity index is 166. The van der Waals surface area contributed by atoms with Gasteiger partial charge in [-0.15, -0.1) is 0 Å². The molecule has 0 saturated carbocycles. The largest absolute Gasteiger partial charge is 0.461 e. The van der Waals surface area contributed by atoms with E-state index in [1.54, 1.807) is 21.0 Å². The van der Waals surface area contributed by atoms with Crippen LogP contribution in [-0.2, 0) is 9.53 Å². The van der Waals surface area contributed by atoms with E-state index >= 15 is 0 Å². The first-order valence-electron chi connectivity index (χ1n) is 3.28. The summed E-state index contributed by atoms with van der Waals surface area (Å²) in [7, 11) is 3.25. The zero-order chi connectivity index (χ0) is 8.85. The number of ether oxygens (including phenoxy) is 1. The van der Waals surface area contributed by atoms with Gasteiger partial charge in [0.25, 0.3) is 0 Å². The van der Waals surface area contributed by atoms with Gasteiger partial charge in [-0.25, -0.2) is 4.79 Å². The Hall–Kier alpha value is -1.06. The molecule has 0 amide bonds. The van der Waals surface area contributed by atoms with Crippen molar-refractivity contribution in [3.63, 3.8) is 0 Å². The molecule has 0 rings (SSSR count). The first-order chi connectivity index (χ1) is 5.07. The summed E-state index contributed by atoms with van der Waals surface area (Å²) in [4.78, 5) is 12.0. The van der Waals surface area contributed by atoms with Crippen LogP contribution in [0.25, 0.3) is 0 Å². The summed E-state index contributed by atoms with van der Waals surface area (Å²) in [5.41, 5.74) is 0. The third kappa shape index (κ3) is 4.36. The second kappa shape index (κ2) is 4.71. The van der Waals surface area contributed by atoms with E-state index in [1.807, 2.05) is 0 Å². The van der Waals surface area contributed by atoms with Crippen molar-refractivity contribution in [3.05, 3.63) is 12.0 Å². The van der Waals surface area contributed by atoms with E-state index in [2.05, 4.69) is 4.74 Å². The zero-order valence-electron chi connectivity index (χ0n) is 6.93. The predicted molar refractivity (Wildman–Crippen MR) is 39.5 cm³/mol. The molecule has 0 aliphatic heterocycles. The molecule has 0 bridgehead atoms. The Morgan fingerprint density at radius 3 is 2.55 bits per heavy atom. The molecule has 0 aromatic rings. The third-order valence-corrected chi connectivity index (χ3v) is 0.842. The van der Waals surface area contributed by atoms with Gasteiger partial charge in [0, 0.05) is 20.3 Å². The summed E-state index contributed by atoms with van der Waals surface area (Å²) in [5.74, 6) is -1.79. The van der Waals surface area contributed by atoms with Crippen molar-refractivity contribution in [1.29, 1.82) is 0 Å². The van der Waals surface area contributed by atoms with E-state index < -0.39 is 11.8 Å². The number of hydrogen-bond donors (Lipinski definition) is 0. The smallest absolute Gasteiger partial charge is 0.368 e. The Balaban J connectivity index is 4.01. The van der Waals surface area contributed by atoms with Crippen LogP contribution in [0, 0.1) is 0 Å². The van der Waals surface area contributed by atoms with Gasteiger partial charge < -0.3 is 9.64 Å². The Kier molecular flexibility index (Phi) is 4.26. The fourth-order valence-electron chi connectivity index (χ4n) is 0.479. The maximum atomic E-state index is 12.6. The van der Waals surface area contributed by atoms with Gasteiger partial charge in [-0.2, -0.15) is 4.39 Å². The molecule has 0 aromatic heterocycles. The van der Waals surface area contributed by atoms with Crippen LogP contribution in [0.2, 0.25) is 0 Å². The molecule has 0 radical (unpaired) electrons. The quantitative estimate of drug-likeness (QED) is 0.455. The summed E-state index contributed by atoms with van der Waals surface area (Å²) in [5, 5.41) is 0. The number of hydrogen-bond acceptors (Lipinski definition) is 3. The van der Waals surface area contributed by atoms with Crippen LogP contribution in [0.4, 0.5) is 4.39 Å². The van der Waals surface area contributed by atoms with E-state index in [4.69, 9.17) is 0 Å². The number of carbonyl (C=O) groups excluding carboxylic acids is 1. The minimum Gasteiger partial charge on any atom is -0.461 e. The second-order valence-corrected chi connectivity index (χ2v) is 2.16. The average Bonchev–Trinajstić information content (AvgIpc) is 1.86. The van der Waals surface area contributed by atoms with Crippen molar-refractivity contribution >= 4 is 5.97 Å². The van der Waals surface area contributed by atoms with Gasteiger partial charge in [0.2, 0.25) is 5.83 Å². The molecule has 0 N–H and O–H groups in total. The zero-order valence-corrected chi connectivity index (χ0v) is 6.93. The van der Waals surface area contributed by atoms with E-state index in [-0.39, 0.29) is 6.61 Å². The monoisotopic (exact) mass is 161 g/mol. The van der Waals surface area contributed by atoms with Gasteiger partial charge in [-0.3, -0.25) is 0 Å². The van der Waals surface area contributed by atoms with Gasteiger partial charge in [0.05, 0.1) is 6.61 Å². The second-order valence-electron chi connectivity index (χ2n) is 2.16. The highest BCUT2D eigenvalue weighted by atomic mass is 19.1. The third-order valence-electron chi connectivity index (χ3n) is 0.842. The van der Waals surface area contributed by atoms with E-state index in [0.717, 1.165) is 6.20 Å². The fourth-order valence-corrected chi connectivity index (χ4v) is 0.479. The standard InChI is InChI=1S/C7H12FNO2/c1-4-11-7(10)6(8)5-9(2)3/h5H,4H2,1-3H3/b6-5+. The first-order valence-corrected chi connectivity index (χ1v) is 3.28. The average molecular weight is 161 g/mol. The maximum Gasteiger partial charge on any atom is 0.368 e. The van der Waals surface area contributed by atoms with Crippen LogP contribution in [0.5, 0.6) is 0 Å². The summed E-state index contributed by atoms with van der Waals surface area (Å²) >= 11 is 0. The highest BCUT2D eigenvalue weighted by Gasteiger charge is 2.08. The van der Waals surface area contributed by atoms with Crippen molar-refractivity contribution in [2.45, 2.75) is 6.92 Å². The van der Waals surface area contributed by atoms with E-state index in [0.29, 0.717) is 0 Å². The van der Waals surface area contributed by atoms with Crippen LogP contribution in [-0.4, -0.2) is 31.6 Å². The Morgan fingerprint density at radius 1 is 1.64 bits per heavy atom. The van der Waals surface area contributed by atoms with Crippen molar-refractivity contribution in [3.8, 4) is 0 Å². The van der Waals surface area contributed by atoms with Crippen molar-refractivity contribution < 1.29 is 13.9 Å². The van der Waals surface area contributed by atoms with E-state index in [9.17, 15) is 9.18 Å². The van der Waals surface area contributed by atoms with Gasteiger partial charge in [-0.1, -0.05) is 0 Å². The lowest BCUT2D eigenvalue weighted by molar-refractivity contribution is -0.140. The molecule has 3 nitrogen and oxygen atoms in total. The molecule has 0 saturated heterocycles. The molecular formula is C7H12FNO2. The van der Waals surface area contributed by atoms with Crippen LogP contribution in [0.15, 0.2) is 12.0 Å². The molecule has 0 heterocycles. The topological polar surface area (TPSA) is 29.5 Å². The minimum atomic E-state index is -0.916. The number of esters is 1. The lowest BCUT2D eigenvalue weighted by Gasteiger charge is -2.04. The molecule has 0 atom stereocenters. The summed E-state index contributed by atoms with van der Waals surface area (Å²) in [6.07, 6.45) is 1.07. The van der Waals surface area contributed by atoms with Crippen molar-refractivity contribution in [2.24, 2.45) is 0 Å². The van der Waals surface area contributed by atoms with Crippen LogP contribution >= 0.6 is 0 Å². The molecule has 0 spiro atoms. The lowest BCUT2D eigenvalue weighted by Crippen LogP contribution is -2.09.